The van der Waals surface area contributed by atoms with Crippen LogP contribution < -0.4 is 5.73 Å². The molecule has 1 fully saturated rings. The van der Waals surface area contributed by atoms with Gasteiger partial charge in [0.2, 0.25) is 0 Å². The van der Waals surface area contributed by atoms with E-state index in [2.05, 4.69) is 0 Å². The number of halogens is 1. The summed E-state index contributed by atoms with van der Waals surface area (Å²) in [5.74, 6) is 0.523. The van der Waals surface area contributed by atoms with E-state index in [0.717, 1.165) is 12.8 Å². The molecule has 1 aliphatic rings. The molecule has 0 aromatic rings. The zero-order valence-electron chi connectivity index (χ0n) is 4.71. The van der Waals surface area contributed by atoms with Gasteiger partial charge >= 0.3 is 0 Å². The lowest BCUT2D eigenvalue weighted by atomic mass is 9.82. The van der Waals surface area contributed by atoms with Crippen LogP contribution in [-0.2, 0) is 0 Å². The van der Waals surface area contributed by atoms with Crippen molar-refractivity contribution in [3.63, 3.8) is 0 Å². The molecule has 0 atom stereocenters. The van der Waals surface area contributed by atoms with Gasteiger partial charge in [0.1, 0.15) is 0 Å². The molecule has 8 heavy (non-hydrogen) atoms. The fraction of sp³-hybridized carbons (Fsp3) is 1.00. The average Bonchev–Trinajstić information content (AvgIpc) is 1.58. The number of rotatable bonds is 1. The van der Waals surface area contributed by atoms with Crippen LogP contribution in [0.4, 0.5) is 0 Å². The summed E-state index contributed by atoms with van der Waals surface area (Å²) in [5, 5.41) is 8.45. The second kappa shape index (κ2) is 3.28. The number of nitrogens with two attached hydrogens (primary N) is 1. The predicted molar refractivity (Wildman–Crippen MR) is 35.0 cm³/mol. The Bertz CT molecular complexity index is 63.4. The van der Waals surface area contributed by atoms with E-state index >= 15 is 0 Å². The highest BCUT2D eigenvalue weighted by Gasteiger charge is 2.24. The molecule has 0 aromatic carbocycles. The van der Waals surface area contributed by atoms with Crippen molar-refractivity contribution in [3.8, 4) is 0 Å². The quantitative estimate of drug-likeness (QED) is 0.540. The summed E-state index contributed by atoms with van der Waals surface area (Å²) < 4.78 is 0. The molecule has 1 rings (SSSR count). The van der Waals surface area contributed by atoms with Crippen molar-refractivity contribution in [1.82, 2.24) is 0 Å². The predicted octanol–water partition coefficient (Wildman–Crippen LogP) is 0.138. The summed E-state index contributed by atoms with van der Waals surface area (Å²) in [6.07, 6.45) is 2.05. The lowest BCUT2D eigenvalue weighted by Gasteiger charge is -2.30. The third-order valence-corrected chi connectivity index (χ3v) is 1.53. The minimum Gasteiger partial charge on any atom is -0.396 e. The molecule has 1 saturated carbocycles. The van der Waals surface area contributed by atoms with E-state index in [9.17, 15) is 0 Å². The highest BCUT2D eigenvalue weighted by atomic mass is 35.5. The zero-order chi connectivity index (χ0) is 5.28. The number of aliphatic hydroxyl groups is 1. The third kappa shape index (κ3) is 1.62. The average molecular weight is 138 g/mol. The summed E-state index contributed by atoms with van der Waals surface area (Å²) >= 11 is 0. The first-order valence-corrected chi connectivity index (χ1v) is 2.69. The van der Waals surface area contributed by atoms with Crippen molar-refractivity contribution in [2.75, 3.05) is 6.61 Å². The van der Waals surface area contributed by atoms with Gasteiger partial charge in [-0.05, 0) is 18.8 Å². The highest BCUT2D eigenvalue weighted by molar-refractivity contribution is 5.85. The van der Waals surface area contributed by atoms with Crippen molar-refractivity contribution in [1.29, 1.82) is 0 Å². The Balaban J connectivity index is 0.000000490. The Labute approximate surface area is 55.5 Å². The van der Waals surface area contributed by atoms with Crippen LogP contribution in [0.15, 0.2) is 0 Å². The smallest absolute Gasteiger partial charge is 0.0460 e. The van der Waals surface area contributed by atoms with E-state index in [1.165, 1.54) is 0 Å². The molecule has 0 aliphatic heterocycles. The Morgan fingerprint density at radius 3 is 2.12 bits per heavy atom. The molecular formula is C5H12ClNO. The van der Waals surface area contributed by atoms with E-state index in [1.54, 1.807) is 0 Å². The van der Waals surface area contributed by atoms with Crippen molar-refractivity contribution in [3.05, 3.63) is 0 Å². The van der Waals surface area contributed by atoms with Crippen LogP contribution in [0.5, 0.6) is 0 Å². The maximum atomic E-state index is 8.45. The molecule has 0 spiro atoms. The van der Waals surface area contributed by atoms with Crippen LogP contribution >= 0.6 is 12.4 Å². The summed E-state index contributed by atoms with van der Waals surface area (Å²) in [5.41, 5.74) is 5.43. The molecule has 3 N–H and O–H groups in total. The SMILES string of the molecule is Cl.N[C@H]1C[C@H](CO)C1. The van der Waals surface area contributed by atoms with Gasteiger partial charge in [0, 0.05) is 12.6 Å². The van der Waals surface area contributed by atoms with Gasteiger partial charge in [-0.2, -0.15) is 0 Å². The van der Waals surface area contributed by atoms with Gasteiger partial charge in [-0.3, -0.25) is 0 Å². The molecule has 0 bridgehead atoms. The van der Waals surface area contributed by atoms with E-state index < -0.39 is 0 Å². The molecule has 50 valence electrons. The lowest BCUT2D eigenvalue weighted by Crippen LogP contribution is -2.37. The number of hydrogen-bond donors (Lipinski definition) is 2. The van der Waals surface area contributed by atoms with Crippen LogP contribution in [0.1, 0.15) is 12.8 Å². The Hall–Kier alpha value is 0.210. The van der Waals surface area contributed by atoms with Crippen molar-refractivity contribution in [2.24, 2.45) is 11.7 Å². The number of aliphatic hydroxyl groups excluding tert-OH is 1. The fourth-order valence-corrected chi connectivity index (χ4v) is 0.936. The molecule has 0 saturated heterocycles. The van der Waals surface area contributed by atoms with Crippen LogP contribution in [0.2, 0.25) is 0 Å². The van der Waals surface area contributed by atoms with Gasteiger partial charge in [0.25, 0.3) is 0 Å². The Morgan fingerprint density at radius 2 is 2.00 bits per heavy atom. The standard InChI is InChI=1S/C5H11NO.ClH/c6-5-1-4(2-5)3-7;/h4-5,7H,1-3,6H2;1H/t4-,5-;. The fourth-order valence-electron chi connectivity index (χ4n) is 0.936. The summed E-state index contributed by atoms with van der Waals surface area (Å²) in [6, 6.07) is 0.386. The topological polar surface area (TPSA) is 46.2 Å². The largest absolute Gasteiger partial charge is 0.396 e. The van der Waals surface area contributed by atoms with Gasteiger partial charge in [0.15, 0.2) is 0 Å². The van der Waals surface area contributed by atoms with Crippen LogP contribution in [0.3, 0.4) is 0 Å². The molecule has 0 aromatic heterocycles. The molecule has 0 unspecified atom stereocenters. The van der Waals surface area contributed by atoms with Crippen LogP contribution in [-0.4, -0.2) is 17.8 Å². The maximum Gasteiger partial charge on any atom is 0.0460 e. The van der Waals surface area contributed by atoms with E-state index in [1.807, 2.05) is 0 Å². The molecular weight excluding hydrogens is 126 g/mol. The minimum atomic E-state index is 0. The Kier molecular flexibility index (Phi) is 3.36. The van der Waals surface area contributed by atoms with Gasteiger partial charge < -0.3 is 10.8 Å². The first kappa shape index (κ1) is 8.21. The summed E-state index contributed by atoms with van der Waals surface area (Å²) in [4.78, 5) is 0. The van der Waals surface area contributed by atoms with Gasteiger partial charge in [-0.25, -0.2) is 0 Å². The molecule has 2 nitrogen and oxygen atoms in total. The van der Waals surface area contributed by atoms with E-state index in [0.29, 0.717) is 18.6 Å². The maximum absolute atomic E-state index is 8.45. The third-order valence-electron chi connectivity index (χ3n) is 1.53. The molecule has 3 heteroatoms. The Morgan fingerprint density at radius 1 is 1.50 bits per heavy atom. The second-order valence-corrected chi connectivity index (χ2v) is 2.28. The minimum absolute atomic E-state index is 0. The second-order valence-electron chi connectivity index (χ2n) is 2.28. The number of hydrogen-bond acceptors (Lipinski definition) is 2. The summed E-state index contributed by atoms with van der Waals surface area (Å²) in [7, 11) is 0. The highest BCUT2D eigenvalue weighted by Crippen LogP contribution is 2.23. The van der Waals surface area contributed by atoms with Gasteiger partial charge in [-0.15, -0.1) is 12.4 Å². The molecule has 0 amide bonds. The van der Waals surface area contributed by atoms with Crippen molar-refractivity contribution < 1.29 is 5.11 Å². The van der Waals surface area contributed by atoms with Gasteiger partial charge in [-0.1, -0.05) is 0 Å². The summed E-state index contributed by atoms with van der Waals surface area (Å²) in [6.45, 7) is 0.327. The van der Waals surface area contributed by atoms with Crippen molar-refractivity contribution >= 4 is 12.4 Å². The molecule has 0 radical (unpaired) electrons. The van der Waals surface area contributed by atoms with Crippen LogP contribution in [0.25, 0.3) is 0 Å². The van der Waals surface area contributed by atoms with Crippen LogP contribution in [0, 0.1) is 5.92 Å². The van der Waals surface area contributed by atoms with E-state index in [-0.39, 0.29) is 12.4 Å². The first-order valence-electron chi connectivity index (χ1n) is 2.69. The van der Waals surface area contributed by atoms with Crippen molar-refractivity contribution in [2.45, 2.75) is 18.9 Å². The lowest BCUT2D eigenvalue weighted by molar-refractivity contribution is 0.144. The normalized spacial score (nSPS) is 35.2. The van der Waals surface area contributed by atoms with Gasteiger partial charge in [0.05, 0.1) is 0 Å². The molecule has 0 heterocycles. The molecule has 1 aliphatic carbocycles. The monoisotopic (exact) mass is 137 g/mol. The zero-order valence-corrected chi connectivity index (χ0v) is 5.53. The van der Waals surface area contributed by atoms with E-state index in [4.69, 9.17) is 10.8 Å². The first-order chi connectivity index (χ1) is 3.33.